The number of nitrogens with zero attached hydrogens (tertiary/aromatic N) is 1. The molecule has 3 aromatic rings. The van der Waals surface area contributed by atoms with Gasteiger partial charge in [-0.25, -0.2) is 4.79 Å². The minimum atomic E-state index is -0.364. The molecule has 2 aromatic carbocycles. The van der Waals surface area contributed by atoms with E-state index in [1.165, 1.54) is 22.8 Å². The van der Waals surface area contributed by atoms with Crippen molar-refractivity contribution in [1.82, 2.24) is 9.55 Å². The largest absolute Gasteiger partial charge is 0.508 e. The van der Waals surface area contributed by atoms with Crippen molar-refractivity contribution in [2.75, 3.05) is 0 Å². The van der Waals surface area contributed by atoms with Crippen LogP contribution in [-0.4, -0.2) is 19.8 Å². The first-order valence-electron chi connectivity index (χ1n) is 5.39. The zero-order valence-corrected chi connectivity index (χ0v) is 9.29. The lowest BCUT2D eigenvalue weighted by Crippen LogP contribution is -2.14. The zero-order chi connectivity index (χ0) is 12.7. The maximum absolute atomic E-state index is 11.9. The number of para-hydroxylation sites is 2. The first-order chi connectivity index (χ1) is 8.66. The molecule has 1 heterocycles. The van der Waals surface area contributed by atoms with Gasteiger partial charge in [0.05, 0.1) is 16.7 Å². The summed E-state index contributed by atoms with van der Waals surface area (Å²) in [7, 11) is 0. The maximum atomic E-state index is 11.9. The number of fused-ring (bicyclic) bond motifs is 1. The Morgan fingerprint density at radius 2 is 1.83 bits per heavy atom. The van der Waals surface area contributed by atoms with E-state index in [0.29, 0.717) is 11.0 Å². The quantitative estimate of drug-likeness (QED) is 0.568. The highest BCUT2D eigenvalue weighted by molar-refractivity contribution is 5.78. The fourth-order valence-electron chi connectivity index (χ4n) is 1.98. The molecule has 0 saturated carbocycles. The standard InChI is InChI=1S/C13H10N2O3/c16-8-5-6-12(17)11(7-8)15-10-4-2-1-3-9(10)14-13(15)18/h1-7,16-17H,(H,14,18). The Kier molecular flexibility index (Phi) is 2.13. The molecule has 0 aliphatic carbocycles. The first kappa shape index (κ1) is 10.5. The normalized spacial score (nSPS) is 10.9. The molecule has 0 radical (unpaired) electrons. The summed E-state index contributed by atoms with van der Waals surface area (Å²) in [6.07, 6.45) is 0. The third-order valence-electron chi connectivity index (χ3n) is 2.79. The van der Waals surface area contributed by atoms with Crippen LogP contribution in [-0.2, 0) is 0 Å². The molecule has 0 aliphatic rings. The molecule has 0 fully saturated rings. The summed E-state index contributed by atoms with van der Waals surface area (Å²) < 4.78 is 1.32. The Labute approximate surface area is 102 Å². The lowest BCUT2D eigenvalue weighted by Gasteiger charge is -2.06. The molecule has 0 atom stereocenters. The van der Waals surface area contributed by atoms with Crippen LogP contribution in [0.4, 0.5) is 0 Å². The van der Waals surface area contributed by atoms with Crippen LogP contribution < -0.4 is 5.69 Å². The molecule has 0 bridgehead atoms. The van der Waals surface area contributed by atoms with E-state index in [1.807, 2.05) is 6.07 Å². The van der Waals surface area contributed by atoms with Crippen molar-refractivity contribution in [2.45, 2.75) is 0 Å². The van der Waals surface area contributed by atoms with Crippen LogP contribution in [0.3, 0.4) is 0 Å². The third-order valence-corrected chi connectivity index (χ3v) is 2.79. The molecular formula is C13H10N2O3. The number of rotatable bonds is 1. The fourth-order valence-corrected chi connectivity index (χ4v) is 1.98. The predicted octanol–water partition coefficient (Wildman–Crippen LogP) is 1.73. The van der Waals surface area contributed by atoms with Gasteiger partial charge in [0.2, 0.25) is 0 Å². The Morgan fingerprint density at radius 3 is 2.67 bits per heavy atom. The highest BCUT2D eigenvalue weighted by Crippen LogP contribution is 2.27. The van der Waals surface area contributed by atoms with Crippen LogP contribution >= 0.6 is 0 Å². The van der Waals surface area contributed by atoms with E-state index in [4.69, 9.17) is 0 Å². The predicted molar refractivity (Wildman–Crippen MR) is 67.2 cm³/mol. The smallest absolute Gasteiger partial charge is 0.331 e. The number of H-pyrrole nitrogens is 1. The Morgan fingerprint density at radius 1 is 1.06 bits per heavy atom. The van der Waals surface area contributed by atoms with E-state index in [-0.39, 0.29) is 22.9 Å². The number of hydrogen-bond donors (Lipinski definition) is 3. The molecule has 0 unspecified atom stereocenters. The maximum Gasteiger partial charge on any atom is 0.331 e. The second kappa shape index (κ2) is 3.66. The van der Waals surface area contributed by atoms with Crippen molar-refractivity contribution >= 4 is 11.0 Å². The molecule has 0 aliphatic heterocycles. The number of aromatic nitrogens is 2. The summed E-state index contributed by atoms with van der Waals surface area (Å²) in [5.41, 5.74) is 1.20. The van der Waals surface area contributed by atoms with Crippen molar-refractivity contribution in [3.63, 3.8) is 0 Å². The topological polar surface area (TPSA) is 78.2 Å². The molecule has 90 valence electrons. The van der Waals surface area contributed by atoms with Gasteiger partial charge in [0.25, 0.3) is 0 Å². The average molecular weight is 242 g/mol. The van der Waals surface area contributed by atoms with E-state index in [1.54, 1.807) is 18.2 Å². The molecule has 18 heavy (non-hydrogen) atoms. The highest BCUT2D eigenvalue weighted by atomic mass is 16.3. The van der Waals surface area contributed by atoms with Crippen LogP contribution in [0.2, 0.25) is 0 Å². The minimum Gasteiger partial charge on any atom is -0.508 e. The van der Waals surface area contributed by atoms with E-state index < -0.39 is 0 Å². The van der Waals surface area contributed by atoms with Gasteiger partial charge in [-0.15, -0.1) is 0 Å². The summed E-state index contributed by atoms with van der Waals surface area (Å²) in [6, 6.07) is 11.2. The number of imidazole rings is 1. The molecule has 0 spiro atoms. The number of phenols is 2. The second-order valence-electron chi connectivity index (χ2n) is 3.96. The number of benzene rings is 2. The number of aromatic amines is 1. The lowest BCUT2D eigenvalue weighted by molar-refractivity contribution is 0.458. The van der Waals surface area contributed by atoms with E-state index in [2.05, 4.69) is 4.98 Å². The molecular weight excluding hydrogens is 232 g/mol. The SMILES string of the molecule is O=c1[nH]c2ccccc2n1-c1cc(O)ccc1O. The van der Waals surface area contributed by atoms with Gasteiger partial charge in [-0.2, -0.15) is 0 Å². The zero-order valence-electron chi connectivity index (χ0n) is 9.29. The van der Waals surface area contributed by atoms with Crippen molar-refractivity contribution in [1.29, 1.82) is 0 Å². The van der Waals surface area contributed by atoms with Crippen LogP contribution in [0, 0.1) is 0 Å². The van der Waals surface area contributed by atoms with Crippen molar-refractivity contribution < 1.29 is 10.2 Å². The first-order valence-corrected chi connectivity index (χ1v) is 5.39. The Hall–Kier alpha value is -2.69. The van der Waals surface area contributed by atoms with E-state index >= 15 is 0 Å². The van der Waals surface area contributed by atoms with Crippen molar-refractivity contribution in [3.05, 3.63) is 52.9 Å². The Bertz CT molecular complexity index is 786. The fraction of sp³-hybridized carbons (Fsp3) is 0. The second-order valence-corrected chi connectivity index (χ2v) is 3.96. The lowest BCUT2D eigenvalue weighted by atomic mass is 10.2. The average Bonchev–Trinajstić information content (AvgIpc) is 2.68. The number of nitrogens with one attached hydrogen (secondary N) is 1. The summed E-state index contributed by atoms with van der Waals surface area (Å²) in [5.74, 6) is -0.0837. The highest BCUT2D eigenvalue weighted by Gasteiger charge is 2.12. The molecule has 0 amide bonds. The van der Waals surface area contributed by atoms with Gasteiger partial charge >= 0.3 is 5.69 Å². The van der Waals surface area contributed by atoms with Gasteiger partial charge in [0, 0.05) is 6.07 Å². The van der Waals surface area contributed by atoms with Gasteiger partial charge in [-0.1, -0.05) is 12.1 Å². The number of phenolic OH excluding ortho intramolecular Hbond substituents is 2. The molecule has 1 aromatic heterocycles. The molecule has 0 saturated heterocycles. The van der Waals surface area contributed by atoms with Crippen molar-refractivity contribution in [2.24, 2.45) is 0 Å². The third kappa shape index (κ3) is 1.45. The summed E-state index contributed by atoms with van der Waals surface area (Å²) in [5, 5.41) is 19.3. The number of hydrogen-bond acceptors (Lipinski definition) is 3. The van der Waals surface area contributed by atoms with Crippen LogP contribution in [0.1, 0.15) is 0 Å². The van der Waals surface area contributed by atoms with Gasteiger partial charge in [0.1, 0.15) is 11.5 Å². The van der Waals surface area contributed by atoms with Gasteiger partial charge in [0.15, 0.2) is 0 Å². The van der Waals surface area contributed by atoms with Crippen molar-refractivity contribution in [3.8, 4) is 17.2 Å². The molecule has 5 nitrogen and oxygen atoms in total. The number of aromatic hydroxyl groups is 2. The van der Waals surface area contributed by atoms with E-state index in [9.17, 15) is 15.0 Å². The van der Waals surface area contributed by atoms with Crippen LogP contribution in [0.15, 0.2) is 47.3 Å². The molecule has 3 rings (SSSR count). The van der Waals surface area contributed by atoms with Gasteiger partial charge in [-0.3, -0.25) is 4.57 Å². The summed E-state index contributed by atoms with van der Waals surface area (Å²) >= 11 is 0. The minimum absolute atomic E-state index is 0.0139. The monoisotopic (exact) mass is 242 g/mol. The molecule has 3 N–H and O–H groups in total. The van der Waals surface area contributed by atoms with Crippen LogP contribution in [0.5, 0.6) is 11.5 Å². The Balaban J connectivity index is 2.41. The summed E-state index contributed by atoms with van der Waals surface area (Å²) in [4.78, 5) is 14.6. The summed E-state index contributed by atoms with van der Waals surface area (Å²) in [6.45, 7) is 0. The van der Waals surface area contributed by atoms with E-state index in [0.717, 1.165) is 0 Å². The molecule has 5 heteroatoms. The van der Waals surface area contributed by atoms with Crippen LogP contribution in [0.25, 0.3) is 16.7 Å². The van der Waals surface area contributed by atoms with Gasteiger partial charge < -0.3 is 15.2 Å². The van der Waals surface area contributed by atoms with Gasteiger partial charge in [-0.05, 0) is 24.3 Å².